The van der Waals surface area contributed by atoms with Crippen LogP contribution in [0.4, 0.5) is 0 Å². The van der Waals surface area contributed by atoms with Crippen LogP contribution in [0.15, 0.2) is 54.6 Å². The van der Waals surface area contributed by atoms with E-state index in [-0.39, 0.29) is 16.1 Å². The quantitative estimate of drug-likeness (QED) is 0.746. The highest BCUT2D eigenvalue weighted by atomic mass is 32.2. The van der Waals surface area contributed by atoms with Gasteiger partial charge in [0.15, 0.2) is 10.9 Å². The highest BCUT2D eigenvalue weighted by Gasteiger charge is 2.19. The minimum Gasteiger partial charge on any atom is -0.497 e. The Morgan fingerprint density at radius 3 is 2.23 bits per heavy atom. The molecular formula is C18H18O3S. The number of methoxy groups -OCH3 is 1. The van der Waals surface area contributed by atoms with Crippen molar-refractivity contribution in [3.05, 3.63) is 65.7 Å². The van der Waals surface area contributed by atoms with Crippen LogP contribution in [-0.4, -0.2) is 18.0 Å². The Morgan fingerprint density at radius 2 is 1.68 bits per heavy atom. The van der Waals surface area contributed by atoms with Gasteiger partial charge < -0.3 is 4.74 Å². The molecule has 0 fully saturated rings. The predicted molar refractivity (Wildman–Crippen MR) is 89.4 cm³/mol. The van der Waals surface area contributed by atoms with E-state index in [1.54, 1.807) is 19.2 Å². The first-order chi connectivity index (χ1) is 10.6. The van der Waals surface area contributed by atoms with Crippen molar-refractivity contribution in [3.8, 4) is 5.75 Å². The number of carbonyl (C=O) groups is 2. The summed E-state index contributed by atoms with van der Waals surface area (Å²) >= 11 is 1.19. The number of ether oxygens (including phenoxy) is 1. The van der Waals surface area contributed by atoms with E-state index in [2.05, 4.69) is 0 Å². The minimum absolute atomic E-state index is 0.00156. The van der Waals surface area contributed by atoms with Gasteiger partial charge in [-0.3, -0.25) is 9.59 Å². The molecule has 0 heterocycles. The molecule has 2 aromatic carbocycles. The third-order valence-electron chi connectivity index (χ3n) is 3.26. The number of carbonyl (C=O) groups excluding carboxylic acids is 2. The van der Waals surface area contributed by atoms with Crippen LogP contribution in [0, 0.1) is 0 Å². The summed E-state index contributed by atoms with van der Waals surface area (Å²) in [6.07, 6.45) is 0.292. The van der Waals surface area contributed by atoms with Crippen molar-refractivity contribution < 1.29 is 14.3 Å². The number of benzene rings is 2. The number of ketones is 1. The molecule has 2 rings (SSSR count). The summed E-state index contributed by atoms with van der Waals surface area (Å²) in [5.74, 6) is 0.792. The van der Waals surface area contributed by atoms with Crippen LogP contribution in [0.25, 0.3) is 0 Å². The lowest BCUT2D eigenvalue weighted by atomic mass is 10.0. The van der Waals surface area contributed by atoms with E-state index in [1.165, 1.54) is 18.7 Å². The average Bonchev–Trinajstić information content (AvgIpc) is 2.54. The van der Waals surface area contributed by atoms with Gasteiger partial charge in [0.1, 0.15) is 5.75 Å². The van der Waals surface area contributed by atoms with E-state index < -0.39 is 0 Å². The van der Waals surface area contributed by atoms with E-state index in [0.29, 0.717) is 12.0 Å². The molecule has 22 heavy (non-hydrogen) atoms. The van der Waals surface area contributed by atoms with Crippen molar-refractivity contribution in [2.24, 2.45) is 0 Å². The Labute approximate surface area is 134 Å². The van der Waals surface area contributed by atoms with Crippen molar-refractivity contribution in [3.63, 3.8) is 0 Å². The maximum atomic E-state index is 12.4. The molecule has 1 unspecified atom stereocenters. The summed E-state index contributed by atoms with van der Waals surface area (Å²) in [6, 6.07) is 16.6. The van der Waals surface area contributed by atoms with Gasteiger partial charge in [0.2, 0.25) is 0 Å². The van der Waals surface area contributed by atoms with Crippen LogP contribution in [-0.2, 0) is 4.79 Å². The first-order valence-electron chi connectivity index (χ1n) is 6.99. The first kappa shape index (κ1) is 16.3. The molecule has 1 atom stereocenters. The molecule has 0 aromatic heterocycles. The molecule has 4 heteroatoms. The minimum atomic E-state index is -0.184. The second-order valence-corrected chi connectivity index (χ2v) is 6.24. The molecule has 0 saturated heterocycles. The van der Waals surface area contributed by atoms with Gasteiger partial charge in [-0.25, -0.2) is 0 Å². The SMILES string of the molecule is COc1ccc(C(CC(=O)c2ccccc2)SC(C)=O)cc1. The zero-order valence-corrected chi connectivity index (χ0v) is 13.4. The monoisotopic (exact) mass is 314 g/mol. The van der Waals surface area contributed by atoms with Crippen LogP contribution in [0.5, 0.6) is 5.75 Å². The number of rotatable bonds is 6. The summed E-state index contributed by atoms with van der Waals surface area (Å²) in [4.78, 5) is 23.9. The lowest BCUT2D eigenvalue weighted by Crippen LogP contribution is -2.07. The molecular weight excluding hydrogens is 296 g/mol. The highest BCUT2D eigenvalue weighted by molar-refractivity contribution is 8.13. The van der Waals surface area contributed by atoms with Crippen LogP contribution < -0.4 is 4.74 Å². The van der Waals surface area contributed by atoms with E-state index in [9.17, 15) is 9.59 Å². The molecule has 0 N–H and O–H groups in total. The van der Waals surface area contributed by atoms with E-state index in [4.69, 9.17) is 4.74 Å². The van der Waals surface area contributed by atoms with Gasteiger partial charge in [0, 0.05) is 24.2 Å². The Kier molecular flexibility index (Phi) is 5.78. The molecule has 0 bridgehead atoms. The molecule has 0 aliphatic carbocycles. The van der Waals surface area contributed by atoms with Crippen molar-refractivity contribution in [2.75, 3.05) is 7.11 Å². The average molecular weight is 314 g/mol. The van der Waals surface area contributed by atoms with Crippen LogP contribution in [0.2, 0.25) is 0 Å². The Hall–Kier alpha value is -2.07. The van der Waals surface area contributed by atoms with Gasteiger partial charge in [0.05, 0.1) is 7.11 Å². The van der Waals surface area contributed by atoms with Crippen LogP contribution in [0.3, 0.4) is 0 Å². The van der Waals surface area contributed by atoms with E-state index in [1.807, 2.05) is 42.5 Å². The molecule has 114 valence electrons. The fourth-order valence-electron chi connectivity index (χ4n) is 2.16. The molecule has 0 aliphatic rings. The molecule has 0 aliphatic heterocycles. The molecule has 3 nitrogen and oxygen atoms in total. The number of hydrogen-bond donors (Lipinski definition) is 0. The highest BCUT2D eigenvalue weighted by Crippen LogP contribution is 2.34. The summed E-state index contributed by atoms with van der Waals surface area (Å²) in [5.41, 5.74) is 1.62. The van der Waals surface area contributed by atoms with Gasteiger partial charge in [-0.15, -0.1) is 0 Å². The maximum absolute atomic E-state index is 12.4. The standard InChI is InChI=1S/C18H18O3S/c1-13(19)22-18(15-8-10-16(21-2)11-9-15)12-17(20)14-6-4-3-5-7-14/h3-11,18H,12H2,1-2H3. The summed E-state index contributed by atoms with van der Waals surface area (Å²) < 4.78 is 5.14. The zero-order valence-electron chi connectivity index (χ0n) is 12.6. The second kappa shape index (κ2) is 7.80. The van der Waals surface area contributed by atoms with E-state index >= 15 is 0 Å². The van der Waals surface area contributed by atoms with Gasteiger partial charge in [-0.05, 0) is 17.7 Å². The summed E-state index contributed by atoms with van der Waals surface area (Å²) in [5, 5.41) is -0.183. The largest absolute Gasteiger partial charge is 0.497 e. The maximum Gasteiger partial charge on any atom is 0.186 e. The third-order valence-corrected chi connectivity index (χ3v) is 4.32. The van der Waals surface area contributed by atoms with Gasteiger partial charge in [0.25, 0.3) is 0 Å². The smallest absolute Gasteiger partial charge is 0.186 e. The molecule has 2 aromatic rings. The van der Waals surface area contributed by atoms with Gasteiger partial charge in [-0.1, -0.05) is 54.2 Å². The Morgan fingerprint density at radius 1 is 1.05 bits per heavy atom. The fraction of sp³-hybridized carbons (Fsp3) is 0.222. The van der Waals surface area contributed by atoms with Crippen molar-refractivity contribution in [1.82, 2.24) is 0 Å². The second-order valence-electron chi connectivity index (χ2n) is 4.86. The zero-order chi connectivity index (χ0) is 15.9. The van der Waals surface area contributed by atoms with Gasteiger partial charge in [-0.2, -0.15) is 0 Å². The number of Topliss-reactive ketones (excluding diaryl/α,β-unsaturated/α-hetero) is 1. The van der Waals surface area contributed by atoms with Crippen molar-refractivity contribution in [2.45, 2.75) is 18.6 Å². The Bertz CT molecular complexity index is 635. The van der Waals surface area contributed by atoms with Crippen LogP contribution in [0.1, 0.15) is 34.5 Å². The first-order valence-corrected chi connectivity index (χ1v) is 7.87. The van der Waals surface area contributed by atoms with Crippen molar-refractivity contribution >= 4 is 22.7 Å². The third kappa shape index (κ3) is 4.46. The molecule has 0 radical (unpaired) electrons. The normalized spacial score (nSPS) is 11.7. The van der Waals surface area contributed by atoms with E-state index in [0.717, 1.165) is 11.3 Å². The lowest BCUT2D eigenvalue weighted by molar-refractivity contribution is -0.109. The summed E-state index contributed by atoms with van der Waals surface area (Å²) in [6.45, 7) is 1.52. The topological polar surface area (TPSA) is 43.4 Å². The number of thioether (sulfide) groups is 1. The van der Waals surface area contributed by atoms with Crippen molar-refractivity contribution in [1.29, 1.82) is 0 Å². The molecule has 0 spiro atoms. The predicted octanol–water partition coefficient (Wildman–Crippen LogP) is 4.29. The lowest BCUT2D eigenvalue weighted by Gasteiger charge is -2.15. The molecule has 0 amide bonds. The number of hydrogen-bond acceptors (Lipinski definition) is 4. The Balaban J connectivity index is 2.18. The van der Waals surface area contributed by atoms with Crippen LogP contribution >= 0.6 is 11.8 Å². The van der Waals surface area contributed by atoms with Gasteiger partial charge >= 0.3 is 0 Å². The summed E-state index contributed by atoms with van der Waals surface area (Å²) in [7, 11) is 1.61. The molecule has 0 saturated carbocycles. The fourth-order valence-corrected chi connectivity index (χ4v) is 3.09.